The van der Waals surface area contributed by atoms with Gasteiger partial charge in [0.25, 0.3) is 0 Å². The van der Waals surface area contributed by atoms with E-state index in [4.69, 9.17) is 34.8 Å². The van der Waals surface area contributed by atoms with Gasteiger partial charge in [0.05, 0.1) is 0 Å². The van der Waals surface area contributed by atoms with E-state index in [1.807, 2.05) is 0 Å². The molecule has 9 heavy (non-hydrogen) atoms. The molecule has 4 heteroatoms. The first-order valence-electron chi connectivity index (χ1n) is 2.31. The maximum absolute atomic E-state index is 5.61. The molecule has 0 aliphatic carbocycles. The molecular formula is C5H2BCl3. The summed E-state index contributed by atoms with van der Waals surface area (Å²) in [7, 11) is 0. The molecule has 0 aliphatic rings. The van der Waals surface area contributed by atoms with E-state index in [0.717, 1.165) is 0 Å². The van der Waals surface area contributed by atoms with E-state index in [2.05, 4.69) is 0 Å². The van der Waals surface area contributed by atoms with Gasteiger partial charge in [0.1, 0.15) is 0 Å². The Morgan fingerprint density at radius 3 is 2.33 bits per heavy atom. The molecular weight excluding hydrogens is 177 g/mol. The zero-order chi connectivity index (χ0) is 6.85. The van der Waals surface area contributed by atoms with Crippen LogP contribution in [0.3, 0.4) is 0 Å². The molecule has 0 bridgehead atoms. The monoisotopic (exact) mass is 178 g/mol. The molecule has 0 nitrogen and oxygen atoms in total. The van der Waals surface area contributed by atoms with Crippen molar-refractivity contribution in [3.8, 4) is 0 Å². The standard InChI is InChI=1S/C5H2BCl3/c7-3-1-2-6-5(9)4(3)8/h1-2H. The summed E-state index contributed by atoms with van der Waals surface area (Å²) in [5, 5.41) is 0.907. The summed E-state index contributed by atoms with van der Waals surface area (Å²) in [4.78, 5) is 0.490. The van der Waals surface area contributed by atoms with E-state index in [9.17, 15) is 0 Å². The van der Waals surface area contributed by atoms with Crippen LogP contribution in [0.1, 0.15) is 0 Å². The van der Waals surface area contributed by atoms with E-state index < -0.39 is 0 Å². The Labute approximate surface area is 68.9 Å². The first-order valence-corrected chi connectivity index (χ1v) is 3.44. The fourth-order valence-electron chi connectivity index (χ4n) is 0.477. The molecule has 0 amide bonds. The van der Waals surface area contributed by atoms with Gasteiger partial charge in [-0.1, -0.05) is 0 Å². The summed E-state index contributed by atoms with van der Waals surface area (Å²) in [6.07, 6.45) is 0. The van der Waals surface area contributed by atoms with Crippen molar-refractivity contribution in [2.75, 3.05) is 0 Å². The van der Waals surface area contributed by atoms with Gasteiger partial charge in [-0.2, -0.15) is 0 Å². The van der Waals surface area contributed by atoms with Crippen LogP contribution in [-0.2, 0) is 0 Å². The topological polar surface area (TPSA) is 0 Å². The SMILES string of the molecule is Clc1bccc(Cl)c1Cl. The van der Waals surface area contributed by atoms with Crippen molar-refractivity contribution >= 4 is 41.7 Å². The maximum atomic E-state index is 5.61. The van der Waals surface area contributed by atoms with Crippen LogP contribution in [0.15, 0.2) is 12.0 Å². The van der Waals surface area contributed by atoms with Crippen LogP contribution < -0.4 is 0 Å². The predicted octanol–water partition coefficient (Wildman–Crippen LogP) is 2.98. The molecule has 0 saturated carbocycles. The Morgan fingerprint density at radius 2 is 1.89 bits per heavy atom. The zero-order valence-corrected chi connectivity index (χ0v) is 6.63. The molecule has 0 unspecified atom stereocenters. The Balaban J connectivity index is 3.25. The van der Waals surface area contributed by atoms with E-state index in [0.29, 0.717) is 15.0 Å². The van der Waals surface area contributed by atoms with E-state index in [1.54, 1.807) is 18.9 Å². The first kappa shape index (κ1) is 7.39. The number of hydrogen-bond acceptors (Lipinski definition) is 0. The Bertz CT molecular complexity index is 203. The normalized spacial score (nSPS) is 9.22. The van der Waals surface area contributed by atoms with Crippen molar-refractivity contribution in [3.05, 3.63) is 27.0 Å². The third-order valence-corrected chi connectivity index (χ3v) is 2.14. The first-order chi connectivity index (χ1) is 4.22. The number of rotatable bonds is 0. The molecule has 1 aromatic heterocycles. The van der Waals surface area contributed by atoms with Crippen LogP contribution in [0.5, 0.6) is 0 Å². The van der Waals surface area contributed by atoms with Gasteiger partial charge in [-0.05, 0) is 0 Å². The molecule has 0 radical (unpaired) electrons. The molecule has 0 atom stereocenters. The summed E-state index contributed by atoms with van der Waals surface area (Å²) >= 11 is 16.8. The fourth-order valence-corrected chi connectivity index (χ4v) is 1.00. The third-order valence-electron chi connectivity index (χ3n) is 0.904. The van der Waals surface area contributed by atoms with Gasteiger partial charge in [0.2, 0.25) is 0 Å². The second-order valence-electron chi connectivity index (χ2n) is 1.54. The average Bonchev–Trinajstić information content (AvgIpc) is 1.83. The van der Waals surface area contributed by atoms with Crippen molar-refractivity contribution in [3.63, 3.8) is 0 Å². The summed E-state index contributed by atoms with van der Waals surface area (Å²) in [6.45, 7) is 1.69. The Hall–Kier alpha value is 0.285. The van der Waals surface area contributed by atoms with Crippen LogP contribution in [0.2, 0.25) is 15.0 Å². The van der Waals surface area contributed by atoms with E-state index in [-0.39, 0.29) is 0 Å². The van der Waals surface area contributed by atoms with Crippen LogP contribution in [0, 0.1) is 0 Å². The van der Waals surface area contributed by atoms with Gasteiger partial charge in [-0.25, -0.2) is 0 Å². The molecule has 46 valence electrons. The van der Waals surface area contributed by atoms with Gasteiger partial charge in [0, 0.05) is 0 Å². The zero-order valence-electron chi connectivity index (χ0n) is 4.37. The van der Waals surface area contributed by atoms with Gasteiger partial charge in [-0.3, -0.25) is 0 Å². The number of halogens is 3. The summed E-state index contributed by atoms with van der Waals surface area (Å²) < 4.78 is 0. The second-order valence-corrected chi connectivity index (χ2v) is 2.73. The molecule has 0 aromatic carbocycles. The minimum atomic E-state index is 0.417. The summed E-state index contributed by atoms with van der Waals surface area (Å²) in [6, 6.07) is 1.69. The molecule has 1 aromatic rings. The summed E-state index contributed by atoms with van der Waals surface area (Å²) in [5.41, 5.74) is 0. The van der Waals surface area contributed by atoms with Crippen LogP contribution in [-0.4, -0.2) is 6.91 Å². The molecule has 0 saturated heterocycles. The van der Waals surface area contributed by atoms with E-state index >= 15 is 0 Å². The van der Waals surface area contributed by atoms with Gasteiger partial charge < -0.3 is 0 Å². The number of hydrogen-bond donors (Lipinski definition) is 0. The van der Waals surface area contributed by atoms with Crippen LogP contribution in [0.25, 0.3) is 0 Å². The average molecular weight is 179 g/mol. The van der Waals surface area contributed by atoms with Gasteiger partial charge >= 0.3 is 68.7 Å². The quantitative estimate of drug-likeness (QED) is 0.574. The predicted molar refractivity (Wildman–Crippen MR) is 42.8 cm³/mol. The third kappa shape index (κ3) is 1.60. The van der Waals surface area contributed by atoms with Crippen molar-refractivity contribution in [2.24, 2.45) is 0 Å². The minimum absolute atomic E-state index is 0.417. The van der Waals surface area contributed by atoms with Crippen molar-refractivity contribution in [1.82, 2.24) is 0 Å². The van der Waals surface area contributed by atoms with Gasteiger partial charge in [0.15, 0.2) is 0 Å². The molecule has 0 aliphatic heterocycles. The van der Waals surface area contributed by atoms with Crippen LogP contribution in [0.4, 0.5) is 0 Å². The van der Waals surface area contributed by atoms with E-state index in [1.165, 1.54) is 0 Å². The van der Waals surface area contributed by atoms with Crippen molar-refractivity contribution in [2.45, 2.75) is 0 Å². The van der Waals surface area contributed by atoms with Gasteiger partial charge in [-0.15, -0.1) is 0 Å². The Morgan fingerprint density at radius 1 is 1.22 bits per heavy atom. The molecule has 1 rings (SSSR count). The molecule has 0 spiro atoms. The summed E-state index contributed by atoms with van der Waals surface area (Å²) in [5.74, 6) is 1.75. The molecule has 1 heterocycles. The second kappa shape index (κ2) is 2.91. The van der Waals surface area contributed by atoms with Crippen molar-refractivity contribution < 1.29 is 0 Å². The fraction of sp³-hybridized carbons (Fsp3) is 0. The molecule has 0 fully saturated rings. The Kier molecular flexibility index (Phi) is 2.39. The van der Waals surface area contributed by atoms with Crippen molar-refractivity contribution in [1.29, 1.82) is 0 Å². The molecule has 0 N–H and O–H groups in total. The van der Waals surface area contributed by atoms with Crippen LogP contribution >= 0.6 is 34.8 Å².